The highest BCUT2D eigenvalue weighted by Gasteiger charge is 2.12. The monoisotopic (exact) mass is 265 g/mol. The lowest BCUT2D eigenvalue weighted by atomic mass is 9.99. The molecule has 0 amide bonds. The zero-order chi connectivity index (χ0) is 13.3. The van der Waals surface area contributed by atoms with Gasteiger partial charge in [-0.15, -0.1) is 0 Å². The van der Waals surface area contributed by atoms with E-state index in [9.17, 15) is 0 Å². The van der Waals surface area contributed by atoms with Crippen LogP contribution in [0.4, 0.5) is 0 Å². The Morgan fingerprint density at radius 2 is 1.84 bits per heavy atom. The predicted octanol–water partition coefficient (Wildman–Crippen LogP) is 2.09. The summed E-state index contributed by atoms with van der Waals surface area (Å²) in [7, 11) is 1.65. The molecule has 0 bridgehead atoms. The second-order valence-electron chi connectivity index (χ2n) is 4.77. The number of methoxy groups -OCH3 is 1. The first-order chi connectivity index (χ1) is 9.40. The maximum absolute atomic E-state index is 5.67. The van der Waals surface area contributed by atoms with Gasteiger partial charge in [0.25, 0.3) is 0 Å². The van der Waals surface area contributed by atoms with Crippen molar-refractivity contribution in [2.24, 2.45) is 5.92 Å². The molecule has 1 aliphatic heterocycles. The van der Waals surface area contributed by atoms with Crippen LogP contribution in [0.1, 0.15) is 12.8 Å². The van der Waals surface area contributed by atoms with E-state index >= 15 is 0 Å². The molecule has 19 heavy (non-hydrogen) atoms. The average Bonchev–Trinajstić information content (AvgIpc) is 2.48. The molecule has 0 aliphatic carbocycles. The Morgan fingerprint density at radius 1 is 1.11 bits per heavy atom. The molecule has 0 saturated carbocycles. The van der Waals surface area contributed by atoms with Gasteiger partial charge in [-0.25, -0.2) is 0 Å². The third kappa shape index (κ3) is 4.73. The molecule has 4 heteroatoms. The molecule has 0 atom stereocenters. The van der Waals surface area contributed by atoms with Crippen molar-refractivity contribution in [3.05, 3.63) is 24.3 Å². The van der Waals surface area contributed by atoms with Crippen LogP contribution in [0.5, 0.6) is 11.5 Å². The van der Waals surface area contributed by atoms with Gasteiger partial charge >= 0.3 is 0 Å². The normalized spacial score (nSPS) is 16.3. The topological polar surface area (TPSA) is 39.7 Å². The number of para-hydroxylation sites is 2. The van der Waals surface area contributed by atoms with Gasteiger partial charge in [-0.3, -0.25) is 0 Å². The van der Waals surface area contributed by atoms with Gasteiger partial charge in [0.2, 0.25) is 0 Å². The first-order valence-electron chi connectivity index (χ1n) is 6.94. The van der Waals surface area contributed by atoms with E-state index in [1.165, 1.54) is 12.8 Å². The van der Waals surface area contributed by atoms with Crippen LogP contribution in [0, 0.1) is 5.92 Å². The maximum Gasteiger partial charge on any atom is 0.161 e. The summed E-state index contributed by atoms with van der Waals surface area (Å²) in [6.07, 6.45) is 2.43. The third-order valence-corrected chi connectivity index (χ3v) is 3.37. The van der Waals surface area contributed by atoms with Crippen LogP contribution < -0.4 is 14.8 Å². The van der Waals surface area contributed by atoms with E-state index in [1.807, 2.05) is 24.3 Å². The second-order valence-corrected chi connectivity index (χ2v) is 4.77. The number of nitrogens with one attached hydrogen (secondary N) is 1. The summed E-state index contributed by atoms with van der Waals surface area (Å²) in [6.45, 7) is 4.27. The number of hydrogen-bond acceptors (Lipinski definition) is 4. The van der Waals surface area contributed by atoms with Crippen LogP contribution in [0.25, 0.3) is 0 Å². The van der Waals surface area contributed by atoms with Gasteiger partial charge in [-0.05, 0) is 44.0 Å². The van der Waals surface area contributed by atoms with Gasteiger partial charge in [-0.2, -0.15) is 0 Å². The lowest BCUT2D eigenvalue weighted by Crippen LogP contribution is -2.30. The van der Waals surface area contributed by atoms with Crippen molar-refractivity contribution in [1.29, 1.82) is 0 Å². The summed E-state index contributed by atoms with van der Waals surface area (Å²) in [5.74, 6) is 2.24. The van der Waals surface area contributed by atoms with Crippen molar-refractivity contribution in [3.8, 4) is 11.5 Å². The first-order valence-corrected chi connectivity index (χ1v) is 6.94. The van der Waals surface area contributed by atoms with Gasteiger partial charge in [0.15, 0.2) is 11.5 Å². The van der Waals surface area contributed by atoms with Crippen LogP contribution in [0.2, 0.25) is 0 Å². The van der Waals surface area contributed by atoms with Crippen molar-refractivity contribution in [2.75, 3.05) is 40.0 Å². The summed E-state index contributed by atoms with van der Waals surface area (Å²) < 4.78 is 16.6. The van der Waals surface area contributed by atoms with E-state index in [0.717, 1.165) is 31.2 Å². The van der Waals surface area contributed by atoms with E-state index in [2.05, 4.69) is 5.32 Å². The minimum absolute atomic E-state index is 0.561. The van der Waals surface area contributed by atoms with Crippen LogP contribution in [0.15, 0.2) is 24.3 Å². The number of piperidine rings is 1. The molecule has 0 unspecified atom stereocenters. The SMILES string of the molecule is COc1ccccc1OCCOCC1CCNCC1. The number of rotatable bonds is 7. The predicted molar refractivity (Wildman–Crippen MR) is 74.9 cm³/mol. The summed E-state index contributed by atoms with van der Waals surface area (Å²) in [4.78, 5) is 0. The Kier molecular flexibility index (Phi) is 5.98. The molecule has 4 nitrogen and oxygen atoms in total. The van der Waals surface area contributed by atoms with Crippen LogP contribution in [-0.4, -0.2) is 40.0 Å². The maximum atomic E-state index is 5.67. The highest BCUT2D eigenvalue weighted by Crippen LogP contribution is 2.25. The molecule has 1 aromatic carbocycles. The molecule has 1 fully saturated rings. The summed E-state index contributed by atoms with van der Waals surface area (Å²) in [5.41, 5.74) is 0. The highest BCUT2D eigenvalue weighted by atomic mass is 16.5. The van der Waals surface area contributed by atoms with Gasteiger partial charge in [0.05, 0.1) is 13.7 Å². The minimum atomic E-state index is 0.561. The van der Waals surface area contributed by atoms with Gasteiger partial charge < -0.3 is 19.5 Å². The largest absolute Gasteiger partial charge is 0.493 e. The van der Waals surface area contributed by atoms with E-state index in [1.54, 1.807) is 7.11 Å². The Hall–Kier alpha value is -1.26. The number of benzene rings is 1. The number of hydrogen-bond donors (Lipinski definition) is 1. The molecule has 1 aliphatic rings. The van der Waals surface area contributed by atoms with E-state index in [-0.39, 0.29) is 0 Å². The molecular formula is C15H23NO3. The zero-order valence-electron chi connectivity index (χ0n) is 11.6. The van der Waals surface area contributed by atoms with Gasteiger partial charge in [0.1, 0.15) is 6.61 Å². The van der Waals surface area contributed by atoms with Crippen molar-refractivity contribution in [2.45, 2.75) is 12.8 Å². The molecule has 1 heterocycles. The fourth-order valence-corrected chi connectivity index (χ4v) is 2.25. The lowest BCUT2D eigenvalue weighted by molar-refractivity contribution is 0.0649. The van der Waals surface area contributed by atoms with Crippen molar-refractivity contribution in [3.63, 3.8) is 0 Å². The quantitative estimate of drug-likeness (QED) is 0.766. The van der Waals surface area contributed by atoms with Crippen molar-refractivity contribution >= 4 is 0 Å². The molecule has 0 spiro atoms. The Bertz CT molecular complexity index is 364. The van der Waals surface area contributed by atoms with Crippen LogP contribution in [0.3, 0.4) is 0 Å². The van der Waals surface area contributed by atoms with Crippen molar-refractivity contribution in [1.82, 2.24) is 5.32 Å². The third-order valence-electron chi connectivity index (χ3n) is 3.37. The van der Waals surface area contributed by atoms with Crippen LogP contribution >= 0.6 is 0 Å². The Labute approximate surface area is 115 Å². The van der Waals surface area contributed by atoms with E-state index < -0.39 is 0 Å². The fraction of sp³-hybridized carbons (Fsp3) is 0.600. The summed E-state index contributed by atoms with van der Waals surface area (Å²) in [5, 5.41) is 3.36. The van der Waals surface area contributed by atoms with Gasteiger partial charge in [0, 0.05) is 6.61 Å². The molecule has 2 rings (SSSR count). The number of ether oxygens (including phenoxy) is 3. The highest BCUT2D eigenvalue weighted by molar-refractivity contribution is 5.39. The minimum Gasteiger partial charge on any atom is -0.493 e. The Balaban J connectivity index is 1.61. The summed E-state index contributed by atoms with van der Waals surface area (Å²) >= 11 is 0. The molecule has 1 saturated heterocycles. The molecular weight excluding hydrogens is 242 g/mol. The fourth-order valence-electron chi connectivity index (χ4n) is 2.25. The van der Waals surface area contributed by atoms with Gasteiger partial charge in [-0.1, -0.05) is 12.1 Å². The smallest absolute Gasteiger partial charge is 0.161 e. The molecule has 0 radical (unpaired) electrons. The molecule has 0 aromatic heterocycles. The second kappa shape index (κ2) is 8.02. The van der Waals surface area contributed by atoms with E-state index in [4.69, 9.17) is 14.2 Å². The first kappa shape index (κ1) is 14.2. The molecule has 1 aromatic rings. The summed E-state index contributed by atoms with van der Waals surface area (Å²) in [6, 6.07) is 7.67. The standard InChI is InChI=1S/C15H23NO3/c1-17-14-4-2-3-5-15(14)19-11-10-18-12-13-6-8-16-9-7-13/h2-5,13,16H,6-12H2,1H3. The Morgan fingerprint density at radius 3 is 2.58 bits per heavy atom. The zero-order valence-corrected chi connectivity index (χ0v) is 11.6. The molecule has 1 N–H and O–H groups in total. The lowest BCUT2D eigenvalue weighted by Gasteiger charge is -2.22. The average molecular weight is 265 g/mol. The van der Waals surface area contributed by atoms with E-state index in [0.29, 0.717) is 19.1 Å². The molecule has 106 valence electrons. The van der Waals surface area contributed by atoms with Crippen LogP contribution in [-0.2, 0) is 4.74 Å². The van der Waals surface area contributed by atoms with Crippen molar-refractivity contribution < 1.29 is 14.2 Å².